The average Bonchev–Trinajstić information content (AvgIpc) is 3.35. The fourth-order valence-electron chi connectivity index (χ4n) is 2.37. The van der Waals surface area contributed by atoms with Gasteiger partial charge in [0.1, 0.15) is 11.5 Å². The highest BCUT2D eigenvalue weighted by Crippen LogP contribution is 2.32. The summed E-state index contributed by atoms with van der Waals surface area (Å²) in [4.78, 5) is 23.8. The van der Waals surface area contributed by atoms with Gasteiger partial charge in [0.15, 0.2) is 5.76 Å². The van der Waals surface area contributed by atoms with Gasteiger partial charge in [-0.25, -0.2) is 0 Å². The van der Waals surface area contributed by atoms with Crippen LogP contribution >= 0.6 is 0 Å². The number of hydrogen-bond acceptors (Lipinski definition) is 4. The first-order chi connectivity index (χ1) is 13.3. The van der Waals surface area contributed by atoms with E-state index in [4.69, 9.17) is 8.83 Å². The van der Waals surface area contributed by atoms with Crippen molar-refractivity contribution in [3.63, 3.8) is 0 Å². The number of furan rings is 2. The van der Waals surface area contributed by atoms with Gasteiger partial charge in [0.05, 0.1) is 24.9 Å². The van der Waals surface area contributed by atoms with E-state index in [9.17, 15) is 22.8 Å². The highest BCUT2D eigenvalue weighted by Gasteiger charge is 2.30. The van der Waals surface area contributed by atoms with Crippen LogP contribution in [-0.4, -0.2) is 18.4 Å². The summed E-state index contributed by atoms with van der Waals surface area (Å²) < 4.78 is 48.8. The molecule has 2 aromatic heterocycles. The summed E-state index contributed by atoms with van der Waals surface area (Å²) in [6.45, 7) is -0.110. The molecule has 0 aliphatic rings. The molecule has 0 aliphatic heterocycles. The molecular formula is C19H15F3N2O4. The van der Waals surface area contributed by atoms with Crippen LogP contribution in [0, 0.1) is 0 Å². The summed E-state index contributed by atoms with van der Waals surface area (Å²) in [7, 11) is 0. The first-order valence-corrected chi connectivity index (χ1v) is 8.17. The number of nitrogens with one attached hydrogen (secondary N) is 2. The monoisotopic (exact) mass is 392 g/mol. The van der Waals surface area contributed by atoms with E-state index in [0.717, 1.165) is 12.1 Å². The highest BCUT2D eigenvalue weighted by molar-refractivity contribution is 5.94. The first kappa shape index (κ1) is 19.3. The summed E-state index contributed by atoms with van der Waals surface area (Å²) >= 11 is 0. The van der Waals surface area contributed by atoms with Gasteiger partial charge in [-0.15, -0.1) is 0 Å². The zero-order valence-electron chi connectivity index (χ0n) is 14.4. The van der Waals surface area contributed by atoms with E-state index in [1.54, 1.807) is 12.1 Å². The van der Waals surface area contributed by atoms with Crippen molar-refractivity contribution >= 4 is 11.8 Å². The molecule has 1 aromatic carbocycles. The fourth-order valence-corrected chi connectivity index (χ4v) is 2.37. The van der Waals surface area contributed by atoms with E-state index in [1.165, 1.54) is 30.5 Å². The average molecular weight is 392 g/mol. The van der Waals surface area contributed by atoms with Crippen molar-refractivity contribution in [3.8, 4) is 11.3 Å². The Morgan fingerprint density at radius 3 is 2.54 bits per heavy atom. The second kappa shape index (κ2) is 8.03. The molecule has 3 aromatic rings. The number of carbonyl (C=O) groups is 2. The van der Waals surface area contributed by atoms with Crippen LogP contribution < -0.4 is 10.6 Å². The fraction of sp³-hybridized carbons (Fsp3) is 0.158. The van der Waals surface area contributed by atoms with Gasteiger partial charge in [0, 0.05) is 5.56 Å². The van der Waals surface area contributed by atoms with E-state index in [-0.39, 0.29) is 30.2 Å². The maximum Gasteiger partial charge on any atom is 0.416 e. The lowest BCUT2D eigenvalue weighted by molar-refractivity contribution is -0.137. The van der Waals surface area contributed by atoms with Crippen LogP contribution in [0.4, 0.5) is 13.2 Å². The molecular weight excluding hydrogens is 377 g/mol. The Labute approximate surface area is 157 Å². The third kappa shape index (κ3) is 4.81. The first-order valence-electron chi connectivity index (χ1n) is 8.17. The summed E-state index contributed by atoms with van der Waals surface area (Å²) in [6, 6.07) is 10.7. The maximum atomic E-state index is 12.8. The molecule has 0 unspecified atom stereocenters. The zero-order valence-corrected chi connectivity index (χ0v) is 14.4. The number of rotatable bonds is 6. The molecule has 0 atom stereocenters. The van der Waals surface area contributed by atoms with Gasteiger partial charge in [-0.2, -0.15) is 13.2 Å². The van der Waals surface area contributed by atoms with Crippen molar-refractivity contribution in [2.45, 2.75) is 12.7 Å². The minimum Gasteiger partial charge on any atom is -0.467 e. The van der Waals surface area contributed by atoms with E-state index in [2.05, 4.69) is 10.6 Å². The van der Waals surface area contributed by atoms with E-state index >= 15 is 0 Å². The quantitative estimate of drug-likeness (QED) is 0.671. The summed E-state index contributed by atoms with van der Waals surface area (Å²) in [6.07, 6.45) is -3.01. The second-order valence-electron chi connectivity index (χ2n) is 5.78. The van der Waals surface area contributed by atoms with Crippen molar-refractivity contribution in [1.82, 2.24) is 10.6 Å². The third-order valence-corrected chi connectivity index (χ3v) is 3.75. The Morgan fingerprint density at radius 2 is 1.82 bits per heavy atom. The number of carbonyl (C=O) groups excluding carboxylic acids is 2. The maximum absolute atomic E-state index is 12.8. The molecule has 2 amide bonds. The molecule has 0 radical (unpaired) electrons. The minimum atomic E-state index is -4.48. The summed E-state index contributed by atoms with van der Waals surface area (Å²) in [5, 5.41) is 4.93. The normalized spacial score (nSPS) is 11.2. The van der Waals surface area contributed by atoms with Crippen molar-refractivity contribution in [1.29, 1.82) is 0 Å². The Hall–Kier alpha value is -3.49. The van der Waals surface area contributed by atoms with Crippen molar-refractivity contribution in [3.05, 3.63) is 71.9 Å². The van der Waals surface area contributed by atoms with Gasteiger partial charge in [0.2, 0.25) is 5.91 Å². The van der Waals surface area contributed by atoms with Crippen LogP contribution in [0.3, 0.4) is 0 Å². The molecule has 0 aliphatic carbocycles. The number of amides is 2. The number of hydrogen-bond donors (Lipinski definition) is 2. The van der Waals surface area contributed by atoms with Crippen LogP contribution in [-0.2, 0) is 17.5 Å². The lowest BCUT2D eigenvalue weighted by Gasteiger charge is -2.07. The van der Waals surface area contributed by atoms with Crippen molar-refractivity contribution < 1.29 is 31.6 Å². The molecule has 6 nitrogen and oxygen atoms in total. The molecule has 0 saturated carbocycles. The molecule has 0 saturated heterocycles. The minimum absolute atomic E-state index is 0.110. The molecule has 0 spiro atoms. The summed E-state index contributed by atoms with van der Waals surface area (Å²) in [5.41, 5.74) is -0.634. The van der Waals surface area contributed by atoms with Crippen molar-refractivity contribution in [2.24, 2.45) is 0 Å². The molecule has 2 heterocycles. The van der Waals surface area contributed by atoms with Crippen LogP contribution in [0.25, 0.3) is 11.3 Å². The van der Waals surface area contributed by atoms with Gasteiger partial charge in [-0.3, -0.25) is 9.59 Å². The predicted octanol–water partition coefficient (Wildman–Crippen LogP) is 3.60. The second-order valence-corrected chi connectivity index (χ2v) is 5.78. The zero-order chi connectivity index (χ0) is 20.1. The summed E-state index contributed by atoms with van der Waals surface area (Å²) in [5.74, 6) is -0.540. The number of benzene rings is 1. The van der Waals surface area contributed by atoms with Crippen LogP contribution in [0.1, 0.15) is 21.9 Å². The SMILES string of the molecule is O=C(CNC(=O)c1ccc(-c2cccc(C(F)(F)F)c2)o1)NCc1ccco1. The van der Waals surface area contributed by atoms with Crippen LogP contribution in [0.2, 0.25) is 0 Å². The molecule has 0 fully saturated rings. The van der Waals surface area contributed by atoms with E-state index < -0.39 is 23.6 Å². The van der Waals surface area contributed by atoms with Gasteiger partial charge < -0.3 is 19.5 Å². The van der Waals surface area contributed by atoms with Crippen LogP contribution in [0.5, 0.6) is 0 Å². The largest absolute Gasteiger partial charge is 0.467 e. The predicted molar refractivity (Wildman–Crippen MR) is 92.0 cm³/mol. The van der Waals surface area contributed by atoms with Gasteiger partial charge in [-0.05, 0) is 36.4 Å². The Kier molecular flexibility index (Phi) is 5.53. The third-order valence-electron chi connectivity index (χ3n) is 3.75. The molecule has 3 rings (SSSR count). The Balaban J connectivity index is 1.57. The lowest BCUT2D eigenvalue weighted by atomic mass is 10.1. The van der Waals surface area contributed by atoms with Gasteiger partial charge in [0.25, 0.3) is 5.91 Å². The Morgan fingerprint density at radius 1 is 1.00 bits per heavy atom. The topological polar surface area (TPSA) is 84.5 Å². The molecule has 28 heavy (non-hydrogen) atoms. The van der Waals surface area contributed by atoms with E-state index in [1.807, 2.05) is 0 Å². The lowest BCUT2D eigenvalue weighted by Crippen LogP contribution is -2.36. The number of alkyl halides is 3. The van der Waals surface area contributed by atoms with Crippen molar-refractivity contribution in [2.75, 3.05) is 6.54 Å². The van der Waals surface area contributed by atoms with E-state index in [0.29, 0.717) is 5.76 Å². The smallest absolute Gasteiger partial charge is 0.416 e. The molecule has 0 bridgehead atoms. The van der Waals surface area contributed by atoms with Gasteiger partial charge in [-0.1, -0.05) is 12.1 Å². The Bertz CT molecular complexity index is 962. The number of halogens is 3. The highest BCUT2D eigenvalue weighted by atomic mass is 19.4. The molecule has 146 valence electrons. The molecule has 2 N–H and O–H groups in total. The van der Waals surface area contributed by atoms with Gasteiger partial charge >= 0.3 is 6.18 Å². The molecule has 9 heteroatoms. The van der Waals surface area contributed by atoms with Crippen LogP contribution in [0.15, 0.2) is 63.6 Å². The standard InChI is InChI=1S/C19H15F3N2O4/c20-19(21,22)13-4-1-3-12(9-13)15-6-7-16(28-15)18(26)24-11-17(25)23-10-14-5-2-8-27-14/h1-9H,10-11H2,(H,23,25)(H,24,26).